The highest BCUT2D eigenvalue weighted by Crippen LogP contribution is 2.71. The van der Waals surface area contributed by atoms with E-state index in [0.717, 1.165) is 38.5 Å². The molecule has 0 radical (unpaired) electrons. The lowest BCUT2D eigenvalue weighted by Crippen LogP contribution is -2.58. The average Bonchev–Trinajstić information content (AvgIpc) is 3.48. The number of hydrogen-bond acceptors (Lipinski definition) is 4. The lowest BCUT2D eigenvalue weighted by molar-refractivity contribution is -0.187. The van der Waals surface area contributed by atoms with Crippen LogP contribution in [0.15, 0.2) is 23.8 Å². The third-order valence-electron chi connectivity index (χ3n) is 10.2. The van der Waals surface area contributed by atoms with Gasteiger partial charge in [-0.1, -0.05) is 39.3 Å². The number of esters is 1. The SMILES string of the molecule is CCCCC(=O)O[C@]1(C(C)=O)CC[C@H]2[C@@H]3C=CC4=CC(=O)[C@@H]5C[C@@H]5[C@]4(C)[C@H]3CC[C@@]21C. The minimum absolute atomic E-state index is 0.0119. The summed E-state index contributed by atoms with van der Waals surface area (Å²) in [6.07, 6.45) is 13.1. The summed E-state index contributed by atoms with van der Waals surface area (Å²) in [5, 5.41) is 0. The normalized spacial score (nSPS) is 46.9. The molecule has 0 aromatic rings. The van der Waals surface area contributed by atoms with Crippen LogP contribution in [0.25, 0.3) is 0 Å². The second-order valence-corrected chi connectivity index (χ2v) is 11.3. The number of ketones is 2. The first-order valence-electron chi connectivity index (χ1n) is 12.4. The van der Waals surface area contributed by atoms with E-state index in [1.807, 2.05) is 6.08 Å². The van der Waals surface area contributed by atoms with Crippen molar-refractivity contribution in [2.45, 2.75) is 84.7 Å². The first-order valence-corrected chi connectivity index (χ1v) is 12.4. The molecule has 0 spiro atoms. The molecule has 0 aromatic carbocycles. The number of ether oxygens (including phenoxy) is 1. The first-order chi connectivity index (χ1) is 14.7. The molecule has 0 amide bonds. The molecule has 5 aliphatic carbocycles. The van der Waals surface area contributed by atoms with E-state index < -0.39 is 5.60 Å². The minimum Gasteiger partial charge on any atom is -0.450 e. The topological polar surface area (TPSA) is 60.4 Å². The molecule has 0 aliphatic heterocycles. The quantitative estimate of drug-likeness (QED) is 0.568. The highest BCUT2D eigenvalue weighted by Gasteiger charge is 2.69. The number of allylic oxidation sites excluding steroid dienone is 4. The van der Waals surface area contributed by atoms with Gasteiger partial charge in [-0.3, -0.25) is 14.4 Å². The molecule has 3 saturated carbocycles. The fourth-order valence-electron chi connectivity index (χ4n) is 8.28. The maximum absolute atomic E-state index is 13.0. The van der Waals surface area contributed by atoms with Crippen molar-refractivity contribution in [3.05, 3.63) is 23.8 Å². The molecule has 8 atom stereocenters. The van der Waals surface area contributed by atoms with Crippen molar-refractivity contribution >= 4 is 17.5 Å². The van der Waals surface area contributed by atoms with Crippen LogP contribution in [0.3, 0.4) is 0 Å². The summed E-state index contributed by atoms with van der Waals surface area (Å²) in [4.78, 5) is 38.1. The maximum atomic E-state index is 13.0. The molecule has 5 rings (SSSR count). The summed E-state index contributed by atoms with van der Waals surface area (Å²) in [7, 11) is 0. The second-order valence-electron chi connectivity index (χ2n) is 11.3. The van der Waals surface area contributed by atoms with Crippen LogP contribution < -0.4 is 0 Å². The van der Waals surface area contributed by atoms with Crippen LogP contribution in [0.5, 0.6) is 0 Å². The maximum Gasteiger partial charge on any atom is 0.306 e. The summed E-state index contributed by atoms with van der Waals surface area (Å²) in [6.45, 7) is 8.27. The molecular weight excluding hydrogens is 388 g/mol. The van der Waals surface area contributed by atoms with Crippen LogP contribution in [0, 0.1) is 40.4 Å². The Morgan fingerprint density at radius 3 is 2.58 bits per heavy atom. The Bertz CT molecular complexity index is 899. The fourth-order valence-corrected chi connectivity index (χ4v) is 8.28. The average molecular weight is 425 g/mol. The Kier molecular flexibility index (Phi) is 4.70. The van der Waals surface area contributed by atoms with E-state index >= 15 is 0 Å². The number of fused-ring (bicyclic) bond motifs is 7. The molecule has 168 valence electrons. The number of rotatable bonds is 5. The highest BCUT2D eigenvalue weighted by molar-refractivity contribution is 5.97. The van der Waals surface area contributed by atoms with E-state index in [0.29, 0.717) is 42.3 Å². The molecule has 0 N–H and O–H groups in total. The van der Waals surface area contributed by atoms with Crippen LogP contribution in [0.2, 0.25) is 0 Å². The van der Waals surface area contributed by atoms with E-state index in [4.69, 9.17) is 4.74 Å². The van der Waals surface area contributed by atoms with Gasteiger partial charge in [0.25, 0.3) is 0 Å². The number of hydrogen-bond donors (Lipinski definition) is 0. The third-order valence-corrected chi connectivity index (χ3v) is 10.2. The van der Waals surface area contributed by atoms with Gasteiger partial charge >= 0.3 is 5.97 Å². The van der Waals surface area contributed by atoms with E-state index in [-0.39, 0.29) is 28.5 Å². The minimum atomic E-state index is -0.983. The molecule has 0 heterocycles. The van der Waals surface area contributed by atoms with Crippen molar-refractivity contribution in [1.82, 2.24) is 0 Å². The Labute approximate surface area is 185 Å². The van der Waals surface area contributed by atoms with Gasteiger partial charge in [-0.25, -0.2) is 0 Å². The second kappa shape index (κ2) is 6.89. The van der Waals surface area contributed by atoms with Gasteiger partial charge in [0.1, 0.15) is 0 Å². The fraction of sp³-hybridized carbons (Fsp3) is 0.741. The van der Waals surface area contributed by atoms with E-state index in [9.17, 15) is 14.4 Å². The summed E-state index contributed by atoms with van der Waals surface area (Å²) in [6, 6.07) is 0. The van der Waals surface area contributed by atoms with Gasteiger partial charge in [-0.15, -0.1) is 0 Å². The molecule has 31 heavy (non-hydrogen) atoms. The van der Waals surface area contributed by atoms with E-state index in [1.54, 1.807) is 6.92 Å². The molecule has 0 saturated heterocycles. The molecular formula is C27H36O4. The lowest BCUT2D eigenvalue weighted by Gasteiger charge is -2.57. The van der Waals surface area contributed by atoms with Gasteiger partial charge in [0.15, 0.2) is 17.2 Å². The van der Waals surface area contributed by atoms with Crippen molar-refractivity contribution in [1.29, 1.82) is 0 Å². The van der Waals surface area contributed by atoms with Crippen LogP contribution in [-0.4, -0.2) is 23.1 Å². The third kappa shape index (κ3) is 2.69. The van der Waals surface area contributed by atoms with Crippen LogP contribution in [-0.2, 0) is 19.1 Å². The summed E-state index contributed by atoms with van der Waals surface area (Å²) >= 11 is 0. The molecule has 0 bridgehead atoms. The summed E-state index contributed by atoms with van der Waals surface area (Å²) in [5.41, 5.74) is -0.0124. The molecule has 3 fully saturated rings. The number of carbonyl (C=O) groups excluding carboxylic acids is 3. The van der Waals surface area contributed by atoms with Crippen molar-refractivity contribution in [3.8, 4) is 0 Å². The smallest absolute Gasteiger partial charge is 0.306 e. The predicted octanol–water partition coefficient (Wildman–Crippen LogP) is 5.21. The zero-order valence-electron chi connectivity index (χ0n) is 19.4. The Balaban J connectivity index is 1.48. The lowest BCUT2D eigenvalue weighted by atomic mass is 9.47. The summed E-state index contributed by atoms with van der Waals surface area (Å²) in [5.74, 6) is 2.04. The Morgan fingerprint density at radius 1 is 1.13 bits per heavy atom. The molecule has 0 unspecified atom stereocenters. The predicted molar refractivity (Wildman–Crippen MR) is 118 cm³/mol. The number of Topliss-reactive ketones (excluding diaryl/α,β-unsaturated/α-hetero) is 1. The van der Waals surface area contributed by atoms with Crippen molar-refractivity contribution in [2.75, 3.05) is 0 Å². The highest BCUT2D eigenvalue weighted by atomic mass is 16.6. The van der Waals surface area contributed by atoms with Gasteiger partial charge in [-0.2, -0.15) is 0 Å². The number of carbonyl (C=O) groups is 3. The largest absolute Gasteiger partial charge is 0.450 e. The molecule has 0 aromatic heterocycles. The first kappa shape index (κ1) is 21.2. The van der Waals surface area contributed by atoms with Gasteiger partial charge in [0.2, 0.25) is 0 Å². The van der Waals surface area contributed by atoms with Crippen LogP contribution in [0.4, 0.5) is 0 Å². The van der Waals surface area contributed by atoms with Gasteiger partial charge in [0.05, 0.1) is 0 Å². The zero-order chi connectivity index (χ0) is 22.2. The van der Waals surface area contributed by atoms with Crippen molar-refractivity contribution in [3.63, 3.8) is 0 Å². The van der Waals surface area contributed by atoms with Crippen molar-refractivity contribution < 1.29 is 19.1 Å². The molecule has 4 nitrogen and oxygen atoms in total. The Morgan fingerprint density at radius 2 is 1.87 bits per heavy atom. The summed E-state index contributed by atoms with van der Waals surface area (Å²) < 4.78 is 6.12. The van der Waals surface area contributed by atoms with Gasteiger partial charge in [-0.05, 0) is 86.2 Å². The zero-order valence-corrected chi connectivity index (χ0v) is 19.4. The van der Waals surface area contributed by atoms with Gasteiger partial charge < -0.3 is 4.74 Å². The van der Waals surface area contributed by atoms with E-state index in [2.05, 4.69) is 32.9 Å². The van der Waals surface area contributed by atoms with Crippen LogP contribution in [0.1, 0.15) is 79.1 Å². The van der Waals surface area contributed by atoms with Crippen molar-refractivity contribution in [2.24, 2.45) is 40.4 Å². The van der Waals surface area contributed by atoms with Gasteiger partial charge in [0, 0.05) is 17.8 Å². The van der Waals surface area contributed by atoms with Crippen LogP contribution >= 0.6 is 0 Å². The monoisotopic (exact) mass is 424 g/mol. The Hall–Kier alpha value is -1.71. The molecule has 5 aliphatic rings. The standard InChI is InChI=1S/C27H36O4/c1-5-6-7-24(30)31-27(16(2)28)13-11-20-18-9-8-17-14-23(29)19-15-22(19)26(17,4)21(18)10-12-25(20,27)3/h8-9,14,18-22H,5-7,10-13,15H2,1-4H3/t18-,19+,20-,21-,22-,25-,26-,27-/m0/s1. The van der Waals surface area contributed by atoms with E-state index in [1.165, 1.54) is 5.57 Å². The molecule has 4 heteroatoms. The number of unbranched alkanes of at least 4 members (excludes halogenated alkanes) is 1.